The summed E-state index contributed by atoms with van der Waals surface area (Å²) in [6.45, 7) is 0. The number of H-pyrrole nitrogens is 1. The number of hydrogen-bond donors (Lipinski definition) is 3. The molecule has 0 radical (unpaired) electrons. The van der Waals surface area contributed by atoms with E-state index in [9.17, 15) is 9.18 Å². The van der Waals surface area contributed by atoms with Crippen molar-refractivity contribution < 1.29 is 9.18 Å². The van der Waals surface area contributed by atoms with Gasteiger partial charge in [0, 0.05) is 26.8 Å². The van der Waals surface area contributed by atoms with Crippen molar-refractivity contribution in [3.63, 3.8) is 0 Å². The predicted molar refractivity (Wildman–Crippen MR) is 122 cm³/mol. The first-order chi connectivity index (χ1) is 14.9. The summed E-state index contributed by atoms with van der Waals surface area (Å²) in [5.41, 5.74) is 2.58. The molecule has 0 aliphatic carbocycles. The van der Waals surface area contributed by atoms with Gasteiger partial charge in [-0.15, -0.1) is 0 Å². The van der Waals surface area contributed by atoms with Crippen molar-refractivity contribution in [1.82, 2.24) is 10.2 Å². The van der Waals surface area contributed by atoms with Crippen LogP contribution in [0.25, 0.3) is 10.9 Å². The van der Waals surface area contributed by atoms with E-state index in [1.807, 2.05) is 18.2 Å². The molecule has 0 atom stereocenters. The smallest absolute Gasteiger partial charge is 0.253 e. The lowest BCUT2D eigenvalue weighted by molar-refractivity contribution is -0.117. The Bertz CT molecular complexity index is 1250. The molecule has 9 heteroatoms. The first-order valence-corrected chi connectivity index (χ1v) is 9.99. The number of halogens is 3. The molecule has 1 aromatic heterocycles. The molecule has 0 spiro atoms. The highest BCUT2D eigenvalue weighted by Gasteiger charge is 2.09. The van der Waals surface area contributed by atoms with Gasteiger partial charge in [0.25, 0.3) is 5.91 Å². The Morgan fingerprint density at radius 3 is 2.52 bits per heavy atom. The summed E-state index contributed by atoms with van der Waals surface area (Å²) < 4.78 is 13.8. The summed E-state index contributed by atoms with van der Waals surface area (Å²) >= 11 is 11.8. The molecule has 6 nitrogen and oxygen atoms in total. The monoisotopic (exact) mass is 455 g/mol. The molecule has 0 aliphatic heterocycles. The number of fused-ring (bicyclic) bond motifs is 1. The predicted octanol–water partition coefficient (Wildman–Crippen LogP) is 5.66. The lowest BCUT2D eigenvalue weighted by atomic mass is 10.1. The molecule has 0 bridgehead atoms. The third-order valence-corrected chi connectivity index (χ3v) is 4.81. The average molecular weight is 456 g/mol. The fourth-order valence-electron chi connectivity index (χ4n) is 2.94. The number of nitrogens with zero attached hydrogens (tertiary/aromatic N) is 2. The molecule has 1 heterocycles. The van der Waals surface area contributed by atoms with Crippen LogP contribution in [0.5, 0.6) is 0 Å². The fraction of sp³-hybridized carbons (Fsp3) is 0.0455. The molecule has 4 aromatic rings. The minimum Gasteiger partial charge on any atom is -0.326 e. The summed E-state index contributed by atoms with van der Waals surface area (Å²) in [5.74, 6) is -0.789. The molecule has 3 aromatic carbocycles. The van der Waals surface area contributed by atoms with Crippen LogP contribution in [-0.2, 0) is 11.2 Å². The highest BCUT2D eigenvalue weighted by atomic mass is 35.5. The van der Waals surface area contributed by atoms with E-state index in [0.29, 0.717) is 16.4 Å². The van der Waals surface area contributed by atoms with Crippen molar-refractivity contribution in [1.29, 1.82) is 0 Å². The number of carbonyl (C=O) groups excluding carboxylic acids is 1. The normalized spacial score (nSPS) is 11.5. The van der Waals surface area contributed by atoms with Gasteiger partial charge in [-0.25, -0.2) is 4.39 Å². The Hall–Kier alpha value is -3.42. The van der Waals surface area contributed by atoms with Crippen LogP contribution in [0, 0.1) is 5.82 Å². The second kappa shape index (κ2) is 9.16. The van der Waals surface area contributed by atoms with Gasteiger partial charge in [-0.3, -0.25) is 9.89 Å². The van der Waals surface area contributed by atoms with Gasteiger partial charge in [0.15, 0.2) is 0 Å². The van der Waals surface area contributed by atoms with Gasteiger partial charge >= 0.3 is 0 Å². The molecule has 3 N–H and O–H groups in total. The number of nitrogens with one attached hydrogen (secondary N) is 3. The number of rotatable bonds is 4. The van der Waals surface area contributed by atoms with Crippen LogP contribution in [0.4, 0.5) is 15.8 Å². The van der Waals surface area contributed by atoms with Gasteiger partial charge in [0.05, 0.1) is 18.1 Å². The molecule has 156 valence electrons. The van der Waals surface area contributed by atoms with Crippen molar-refractivity contribution in [2.24, 2.45) is 4.99 Å². The Labute approximate surface area is 187 Å². The van der Waals surface area contributed by atoms with E-state index in [1.54, 1.807) is 30.5 Å². The Morgan fingerprint density at radius 1 is 0.968 bits per heavy atom. The first kappa shape index (κ1) is 20.8. The third kappa shape index (κ3) is 5.59. The van der Waals surface area contributed by atoms with Gasteiger partial charge in [0.2, 0.25) is 5.96 Å². The molecule has 0 fully saturated rings. The third-order valence-electron chi connectivity index (χ3n) is 4.34. The van der Waals surface area contributed by atoms with E-state index in [2.05, 4.69) is 25.8 Å². The van der Waals surface area contributed by atoms with Crippen molar-refractivity contribution in [2.75, 3.05) is 10.6 Å². The maximum atomic E-state index is 13.8. The Kier molecular flexibility index (Phi) is 6.16. The molecular weight excluding hydrogens is 440 g/mol. The number of aromatic amines is 1. The van der Waals surface area contributed by atoms with E-state index in [0.717, 1.165) is 16.5 Å². The minimum absolute atomic E-state index is 0.0769. The van der Waals surface area contributed by atoms with Crippen LogP contribution in [0.15, 0.2) is 71.9 Å². The molecule has 4 rings (SSSR count). The van der Waals surface area contributed by atoms with Gasteiger partial charge < -0.3 is 10.6 Å². The van der Waals surface area contributed by atoms with Gasteiger partial charge in [0.1, 0.15) is 5.82 Å². The molecular formula is C22H16Cl2FN5O. The average Bonchev–Trinajstić information content (AvgIpc) is 3.16. The van der Waals surface area contributed by atoms with Gasteiger partial charge in [-0.1, -0.05) is 35.3 Å². The number of hydrogen-bond acceptors (Lipinski definition) is 2. The van der Waals surface area contributed by atoms with Crippen LogP contribution in [-0.4, -0.2) is 22.1 Å². The first-order valence-electron chi connectivity index (χ1n) is 9.24. The zero-order chi connectivity index (χ0) is 21.8. The van der Waals surface area contributed by atoms with Crippen LogP contribution >= 0.6 is 23.2 Å². The number of anilines is 2. The van der Waals surface area contributed by atoms with E-state index >= 15 is 0 Å². The quantitative estimate of drug-likeness (QED) is 0.274. The summed E-state index contributed by atoms with van der Waals surface area (Å²) in [5, 5.41) is 14.6. The van der Waals surface area contributed by atoms with E-state index in [-0.39, 0.29) is 17.4 Å². The maximum Gasteiger partial charge on any atom is 0.253 e. The lowest BCUT2D eigenvalue weighted by Crippen LogP contribution is -2.24. The fourth-order valence-corrected chi connectivity index (χ4v) is 3.29. The van der Waals surface area contributed by atoms with Crippen molar-refractivity contribution in [2.45, 2.75) is 6.42 Å². The molecule has 0 aliphatic rings. The van der Waals surface area contributed by atoms with E-state index in [1.165, 1.54) is 18.2 Å². The molecule has 31 heavy (non-hydrogen) atoms. The van der Waals surface area contributed by atoms with Gasteiger partial charge in [-0.05, 0) is 54.1 Å². The molecule has 0 unspecified atom stereocenters. The zero-order valence-corrected chi connectivity index (χ0v) is 17.5. The SMILES string of the molecule is O=C(Cc1ccc(Cl)cc1)/N=C(/Nc1cc(F)cc(Cl)c1)Nc1ccc2cn[nH]c2c1. The number of guanidine groups is 1. The van der Waals surface area contributed by atoms with E-state index < -0.39 is 11.7 Å². The number of aliphatic imine (C=N–C) groups is 1. The van der Waals surface area contributed by atoms with Crippen molar-refractivity contribution >= 4 is 57.3 Å². The summed E-state index contributed by atoms with van der Waals surface area (Å²) in [4.78, 5) is 16.7. The van der Waals surface area contributed by atoms with Crippen LogP contribution in [0.3, 0.4) is 0 Å². The number of aromatic nitrogens is 2. The summed E-state index contributed by atoms with van der Waals surface area (Å²) in [6, 6.07) is 16.4. The van der Waals surface area contributed by atoms with Crippen LogP contribution in [0.1, 0.15) is 5.56 Å². The second-order valence-electron chi connectivity index (χ2n) is 6.74. The van der Waals surface area contributed by atoms with Gasteiger partial charge in [-0.2, -0.15) is 10.1 Å². The van der Waals surface area contributed by atoms with Crippen molar-refractivity contribution in [3.05, 3.63) is 88.3 Å². The highest BCUT2D eigenvalue weighted by Crippen LogP contribution is 2.20. The Morgan fingerprint density at radius 2 is 1.74 bits per heavy atom. The standard InChI is InChI=1S/C22H16Cl2FN5O/c23-15-4-1-13(2-5-15)7-21(31)29-22(28-19-9-16(24)8-17(25)10-19)27-18-6-3-14-12-26-30-20(14)11-18/h1-6,8-12H,7H2,(H,26,30)(H2,27,28,29,31). The van der Waals surface area contributed by atoms with Crippen molar-refractivity contribution in [3.8, 4) is 0 Å². The topological polar surface area (TPSA) is 82.2 Å². The lowest BCUT2D eigenvalue weighted by Gasteiger charge is -2.13. The molecule has 0 saturated heterocycles. The number of carbonyl (C=O) groups is 1. The van der Waals surface area contributed by atoms with E-state index in [4.69, 9.17) is 23.2 Å². The minimum atomic E-state index is -0.513. The Balaban J connectivity index is 1.60. The number of amides is 1. The van der Waals surface area contributed by atoms with Crippen LogP contribution in [0.2, 0.25) is 10.0 Å². The second-order valence-corrected chi connectivity index (χ2v) is 7.61. The molecule has 0 saturated carbocycles. The summed E-state index contributed by atoms with van der Waals surface area (Å²) in [6.07, 6.45) is 1.78. The number of benzene rings is 3. The highest BCUT2D eigenvalue weighted by molar-refractivity contribution is 6.31. The van der Waals surface area contributed by atoms with Crippen LogP contribution < -0.4 is 10.6 Å². The largest absolute Gasteiger partial charge is 0.326 e. The summed E-state index contributed by atoms with van der Waals surface area (Å²) in [7, 11) is 0. The molecule has 1 amide bonds. The zero-order valence-electron chi connectivity index (χ0n) is 16.0. The maximum absolute atomic E-state index is 13.8.